The SMILES string of the molecule is [2H]C([2H])([2H])c1ccc(-c2c(C)c3c(c4c2Cc2ccccc2-4)Cc2ccccc2C3)[n+](C)c1. The van der Waals surface area contributed by atoms with Crippen molar-refractivity contribution in [1.82, 2.24) is 0 Å². The zero-order valence-electron chi connectivity index (χ0n) is 20.4. The molecule has 1 heteroatoms. The number of hydrogen-bond donors (Lipinski definition) is 0. The van der Waals surface area contributed by atoms with E-state index < -0.39 is 6.85 Å². The van der Waals surface area contributed by atoms with Crippen LogP contribution in [-0.2, 0) is 26.3 Å². The molecule has 0 fully saturated rings. The van der Waals surface area contributed by atoms with E-state index in [1.54, 1.807) is 12.3 Å². The summed E-state index contributed by atoms with van der Waals surface area (Å²) in [5, 5.41) is 0. The number of aromatic nitrogens is 1. The van der Waals surface area contributed by atoms with Gasteiger partial charge in [0, 0.05) is 15.7 Å². The lowest BCUT2D eigenvalue weighted by atomic mass is 9.77. The number of hydrogen-bond acceptors (Lipinski definition) is 0. The van der Waals surface area contributed by atoms with E-state index in [0.29, 0.717) is 5.56 Å². The average molecular weight is 392 g/mol. The number of nitrogens with zero attached hydrogens (tertiary/aromatic N) is 1. The highest BCUT2D eigenvalue weighted by atomic mass is 14.9. The molecule has 0 amide bonds. The summed E-state index contributed by atoms with van der Waals surface area (Å²) in [6.45, 7) is 0.145. The topological polar surface area (TPSA) is 3.88 Å². The third kappa shape index (κ3) is 2.45. The molecule has 2 aliphatic carbocycles. The Labute approximate surface area is 182 Å². The molecule has 1 heterocycles. The van der Waals surface area contributed by atoms with Gasteiger partial charge in [-0.15, -0.1) is 0 Å². The second-order valence-electron chi connectivity index (χ2n) is 8.68. The van der Waals surface area contributed by atoms with Gasteiger partial charge < -0.3 is 0 Å². The van der Waals surface area contributed by atoms with Crippen molar-refractivity contribution >= 4 is 0 Å². The van der Waals surface area contributed by atoms with Crippen LogP contribution >= 0.6 is 0 Å². The molecule has 0 aliphatic heterocycles. The minimum absolute atomic E-state index is 0.373. The third-order valence-corrected chi connectivity index (χ3v) is 6.99. The standard InChI is InChI=1S/C29H26N/c1-18-12-13-27(30(3)17-18)28-19(2)24-14-20-8-4-5-9-21(20)15-25(24)29-23-11-7-6-10-22(23)16-26(28)29/h4-13,17H,14-16H2,1-3H3/q+1/i1D3. The van der Waals surface area contributed by atoms with Crippen LogP contribution in [0.25, 0.3) is 22.4 Å². The van der Waals surface area contributed by atoms with Gasteiger partial charge in [-0.1, -0.05) is 48.5 Å². The fourth-order valence-corrected chi connectivity index (χ4v) is 5.60. The lowest BCUT2D eigenvalue weighted by Gasteiger charge is -2.27. The van der Waals surface area contributed by atoms with Crippen LogP contribution in [-0.4, -0.2) is 0 Å². The second kappa shape index (κ2) is 6.40. The molecule has 6 rings (SSSR count). The number of aryl methyl sites for hydroxylation is 2. The normalized spacial score (nSPS) is 15.3. The highest BCUT2D eigenvalue weighted by Gasteiger charge is 2.33. The number of rotatable bonds is 1. The molecule has 0 bridgehead atoms. The average Bonchev–Trinajstić information content (AvgIpc) is 3.17. The van der Waals surface area contributed by atoms with Crippen LogP contribution in [0.1, 0.15) is 48.6 Å². The van der Waals surface area contributed by atoms with E-state index in [1.807, 2.05) is 17.7 Å². The molecule has 0 N–H and O–H groups in total. The molecule has 2 aliphatic rings. The maximum Gasteiger partial charge on any atom is 0.212 e. The molecule has 146 valence electrons. The molecule has 0 spiro atoms. The smallest absolute Gasteiger partial charge is 0.201 e. The van der Waals surface area contributed by atoms with Crippen molar-refractivity contribution in [3.63, 3.8) is 0 Å². The van der Waals surface area contributed by atoms with Gasteiger partial charge in [0.1, 0.15) is 7.05 Å². The van der Waals surface area contributed by atoms with Gasteiger partial charge in [0.15, 0.2) is 6.20 Å². The summed E-state index contributed by atoms with van der Waals surface area (Å²) in [6.07, 6.45) is 4.59. The molecule has 30 heavy (non-hydrogen) atoms. The highest BCUT2D eigenvalue weighted by molar-refractivity contribution is 5.89. The van der Waals surface area contributed by atoms with Crippen molar-refractivity contribution in [2.45, 2.75) is 33.0 Å². The van der Waals surface area contributed by atoms with E-state index >= 15 is 0 Å². The van der Waals surface area contributed by atoms with E-state index in [4.69, 9.17) is 4.11 Å². The van der Waals surface area contributed by atoms with Crippen LogP contribution in [0.4, 0.5) is 0 Å². The summed E-state index contributed by atoms with van der Waals surface area (Å²) >= 11 is 0. The van der Waals surface area contributed by atoms with E-state index in [0.717, 1.165) is 25.0 Å². The van der Waals surface area contributed by atoms with Crippen LogP contribution in [0, 0.1) is 13.8 Å². The van der Waals surface area contributed by atoms with Crippen molar-refractivity contribution in [2.75, 3.05) is 0 Å². The van der Waals surface area contributed by atoms with Crippen LogP contribution in [0.5, 0.6) is 0 Å². The Morgan fingerprint density at radius 3 is 2.13 bits per heavy atom. The summed E-state index contributed by atoms with van der Waals surface area (Å²) in [6, 6.07) is 21.3. The van der Waals surface area contributed by atoms with Crippen molar-refractivity contribution < 1.29 is 8.68 Å². The summed E-state index contributed by atoms with van der Waals surface area (Å²) in [7, 11) is 1.97. The zero-order valence-corrected chi connectivity index (χ0v) is 17.4. The molecule has 0 saturated carbocycles. The Bertz CT molecular complexity index is 1450. The minimum atomic E-state index is -2.11. The van der Waals surface area contributed by atoms with Crippen molar-refractivity contribution in [3.8, 4) is 22.4 Å². The highest BCUT2D eigenvalue weighted by Crippen LogP contribution is 2.48. The van der Waals surface area contributed by atoms with Crippen LogP contribution < -0.4 is 4.57 Å². The van der Waals surface area contributed by atoms with Gasteiger partial charge in [-0.05, 0) is 89.2 Å². The van der Waals surface area contributed by atoms with Gasteiger partial charge in [0.05, 0.1) is 5.56 Å². The first-order chi connectivity index (χ1) is 15.8. The predicted molar refractivity (Wildman–Crippen MR) is 123 cm³/mol. The fourth-order valence-electron chi connectivity index (χ4n) is 5.60. The van der Waals surface area contributed by atoms with Crippen molar-refractivity contribution in [3.05, 3.63) is 111 Å². The van der Waals surface area contributed by atoms with E-state index in [9.17, 15) is 0 Å². The molecule has 4 aromatic rings. The predicted octanol–water partition coefficient (Wildman–Crippen LogP) is 5.86. The molecule has 0 atom stereocenters. The van der Waals surface area contributed by atoms with Crippen molar-refractivity contribution in [2.24, 2.45) is 7.05 Å². The van der Waals surface area contributed by atoms with Crippen LogP contribution in [0.15, 0.2) is 66.9 Å². The molecule has 0 saturated heterocycles. The molecular weight excluding hydrogens is 362 g/mol. The van der Waals surface area contributed by atoms with E-state index in [-0.39, 0.29) is 0 Å². The Morgan fingerprint density at radius 2 is 1.40 bits per heavy atom. The molecule has 3 aromatic carbocycles. The van der Waals surface area contributed by atoms with E-state index in [1.165, 1.54) is 55.6 Å². The molecule has 0 unspecified atom stereocenters. The molecule has 1 aromatic heterocycles. The van der Waals surface area contributed by atoms with Gasteiger partial charge in [0.2, 0.25) is 5.69 Å². The van der Waals surface area contributed by atoms with Gasteiger partial charge in [0.25, 0.3) is 0 Å². The maximum atomic E-state index is 7.81. The third-order valence-electron chi connectivity index (χ3n) is 6.99. The van der Waals surface area contributed by atoms with E-state index in [2.05, 4.69) is 55.5 Å². The zero-order chi connectivity index (χ0) is 22.9. The summed E-state index contributed by atoms with van der Waals surface area (Å²) in [5.74, 6) is 0. The van der Waals surface area contributed by atoms with Crippen LogP contribution in [0.3, 0.4) is 0 Å². The largest absolute Gasteiger partial charge is 0.212 e. The lowest BCUT2D eigenvalue weighted by Crippen LogP contribution is -2.31. The maximum absolute atomic E-state index is 7.81. The number of benzene rings is 3. The van der Waals surface area contributed by atoms with Gasteiger partial charge in [-0.2, -0.15) is 0 Å². The molecule has 0 radical (unpaired) electrons. The first kappa shape index (κ1) is 14.7. The van der Waals surface area contributed by atoms with Crippen LogP contribution in [0.2, 0.25) is 0 Å². The van der Waals surface area contributed by atoms with Gasteiger partial charge >= 0.3 is 0 Å². The van der Waals surface area contributed by atoms with Crippen molar-refractivity contribution in [1.29, 1.82) is 0 Å². The number of pyridine rings is 1. The molecule has 1 nitrogen and oxygen atoms in total. The Balaban J connectivity index is 1.64. The minimum Gasteiger partial charge on any atom is -0.201 e. The van der Waals surface area contributed by atoms with Gasteiger partial charge in [-0.3, -0.25) is 0 Å². The first-order valence-electron chi connectivity index (χ1n) is 12.2. The summed E-state index contributed by atoms with van der Waals surface area (Å²) in [5.41, 5.74) is 15.3. The summed E-state index contributed by atoms with van der Waals surface area (Å²) < 4.78 is 25.4. The summed E-state index contributed by atoms with van der Waals surface area (Å²) in [4.78, 5) is 0. The monoisotopic (exact) mass is 391 g/mol. The fraction of sp³-hybridized carbons (Fsp3) is 0.207. The Kier molecular flexibility index (Phi) is 3.15. The van der Waals surface area contributed by atoms with Gasteiger partial charge in [-0.25, -0.2) is 4.57 Å². The molecular formula is C29H26N+. The number of fused-ring (bicyclic) bond motifs is 6. The second-order valence-corrected chi connectivity index (χ2v) is 8.68. The Hall–Kier alpha value is -3.19. The Morgan fingerprint density at radius 1 is 0.733 bits per heavy atom. The quantitative estimate of drug-likeness (QED) is 0.309. The first-order valence-corrected chi connectivity index (χ1v) is 10.7. The lowest BCUT2D eigenvalue weighted by molar-refractivity contribution is -0.660.